The number of aryl methyl sites for hydroxylation is 1. The average molecular weight is 379 g/mol. The minimum absolute atomic E-state index is 0.0373. The number of aromatic nitrogens is 2. The maximum absolute atomic E-state index is 12.2. The Hall–Kier alpha value is -2.86. The summed E-state index contributed by atoms with van der Waals surface area (Å²) in [4.78, 5) is 20.0. The van der Waals surface area contributed by atoms with Gasteiger partial charge in [-0.05, 0) is 55.7 Å². The Labute approximate surface area is 164 Å². The van der Waals surface area contributed by atoms with Gasteiger partial charge < -0.3 is 19.8 Å². The number of rotatable bonds is 7. The molecule has 0 bridgehead atoms. The van der Waals surface area contributed by atoms with Crippen LogP contribution >= 0.6 is 0 Å². The fraction of sp³-hybridized carbons (Fsp3) is 0.364. The highest BCUT2D eigenvalue weighted by Crippen LogP contribution is 2.19. The topological polar surface area (TPSA) is 76.2 Å². The molecule has 2 N–H and O–H groups in total. The molecule has 1 aliphatic rings. The van der Waals surface area contributed by atoms with E-state index in [4.69, 9.17) is 9.47 Å². The van der Waals surface area contributed by atoms with Crippen molar-refractivity contribution in [3.63, 3.8) is 0 Å². The monoisotopic (exact) mass is 379 g/mol. The highest BCUT2D eigenvalue weighted by molar-refractivity contribution is 5.90. The van der Waals surface area contributed by atoms with Gasteiger partial charge in [0, 0.05) is 25.1 Å². The van der Waals surface area contributed by atoms with Gasteiger partial charge in [0.15, 0.2) is 0 Å². The summed E-state index contributed by atoms with van der Waals surface area (Å²) in [7, 11) is 0. The van der Waals surface area contributed by atoms with E-state index < -0.39 is 0 Å². The van der Waals surface area contributed by atoms with Crippen LogP contribution in [-0.4, -0.2) is 35.2 Å². The van der Waals surface area contributed by atoms with E-state index in [1.807, 2.05) is 48.5 Å². The lowest BCUT2D eigenvalue weighted by atomic mass is 10.1. The minimum Gasteiger partial charge on any atom is -0.491 e. The number of anilines is 1. The van der Waals surface area contributed by atoms with Crippen LogP contribution in [0.3, 0.4) is 0 Å². The van der Waals surface area contributed by atoms with Crippen molar-refractivity contribution in [2.24, 2.45) is 0 Å². The van der Waals surface area contributed by atoms with E-state index in [0.717, 1.165) is 47.7 Å². The van der Waals surface area contributed by atoms with Gasteiger partial charge in [0.1, 0.15) is 18.2 Å². The van der Waals surface area contributed by atoms with Gasteiger partial charge in [0.05, 0.1) is 17.1 Å². The first-order valence-corrected chi connectivity index (χ1v) is 9.84. The molecule has 0 spiro atoms. The largest absolute Gasteiger partial charge is 0.491 e. The normalized spacial score (nSPS) is 16.8. The predicted molar refractivity (Wildman–Crippen MR) is 109 cm³/mol. The second kappa shape index (κ2) is 8.89. The highest BCUT2D eigenvalue weighted by Gasteiger charge is 2.14. The van der Waals surface area contributed by atoms with Crippen molar-refractivity contribution in [1.29, 1.82) is 0 Å². The fourth-order valence-corrected chi connectivity index (χ4v) is 3.34. The predicted octanol–water partition coefficient (Wildman–Crippen LogP) is 4.08. The molecular weight excluding hydrogens is 354 g/mol. The molecule has 1 amide bonds. The Bertz CT molecular complexity index is 881. The van der Waals surface area contributed by atoms with Crippen molar-refractivity contribution in [2.75, 3.05) is 18.5 Å². The zero-order chi connectivity index (χ0) is 19.2. The number of fused-ring (bicyclic) bond motifs is 1. The van der Waals surface area contributed by atoms with Crippen LogP contribution in [0.5, 0.6) is 5.75 Å². The molecule has 0 aliphatic carbocycles. The molecule has 1 aromatic heterocycles. The van der Waals surface area contributed by atoms with E-state index in [0.29, 0.717) is 19.4 Å². The molecule has 28 heavy (non-hydrogen) atoms. The van der Waals surface area contributed by atoms with Crippen LogP contribution in [0, 0.1) is 0 Å². The second-order valence-corrected chi connectivity index (χ2v) is 7.07. The standard InChI is InChI=1S/C22H25N3O3/c26-22(13-12-21-24-19-6-1-2-7-20(19)25-21)23-16-8-10-17(11-9-16)28-15-18-5-3-4-14-27-18/h1-2,6-11,18H,3-5,12-15H2,(H,23,26)(H,24,25). The van der Waals surface area contributed by atoms with Gasteiger partial charge in [-0.1, -0.05) is 12.1 Å². The van der Waals surface area contributed by atoms with E-state index >= 15 is 0 Å². The van der Waals surface area contributed by atoms with Gasteiger partial charge >= 0.3 is 0 Å². The Kier molecular flexibility index (Phi) is 5.87. The van der Waals surface area contributed by atoms with Crippen LogP contribution in [0.1, 0.15) is 31.5 Å². The van der Waals surface area contributed by atoms with Gasteiger partial charge in [-0.15, -0.1) is 0 Å². The van der Waals surface area contributed by atoms with Crippen molar-refractivity contribution in [3.05, 3.63) is 54.4 Å². The Morgan fingerprint density at radius 2 is 2.04 bits per heavy atom. The third-order valence-electron chi connectivity index (χ3n) is 4.88. The summed E-state index contributed by atoms with van der Waals surface area (Å²) in [5, 5.41) is 2.92. The molecule has 1 atom stereocenters. The number of carbonyl (C=O) groups is 1. The molecule has 2 heterocycles. The molecule has 0 radical (unpaired) electrons. The molecule has 1 saturated heterocycles. The van der Waals surface area contributed by atoms with Crippen LogP contribution in [0.25, 0.3) is 11.0 Å². The van der Waals surface area contributed by atoms with Crippen LogP contribution in [-0.2, 0) is 16.0 Å². The average Bonchev–Trinajstić information content (AvgIpc) is 3.16. The number of ether oxygens (including phenoxy) is 2. The maximum Gasteiger partial charge on any atom is 0.224 e. The Balaban J connectivity index is 1.23. The zero-order valence-corrected chi connectivity index (χ0v) is 15.8. The van der Waals surface area contributed by atoms with Gasteiger partial charge in [-0.25, -0.2) is 4.98 Å². The Morgan fingerprint density at radius 1 is 1.18 bits per heavy atom. The van der Waals surface area contributed by atoms with Crippen molar-refractivity contribution >= 4 is 22.6 Å². The van der Waals surface area contributed by atoms with Gasteiger partial charge in [0.2, 0.25) is 5.91 Å². The first-order chi connectivity index (χ1) is 13.8. The summed E-state index contributed by atoms with van der Waals surface area (Å²) in [5.41, 5.74) is 2.68. The zero-order valence-electron chi connectivity index (χ0n) is 15.8. The van der Waals surface area contributed by atoms with Gasteiger partial charge in [-0.2, -0.15) is 0 Å². The molecular formula is C22H25N3O3. The van der Waals surface area contributed by atoms with Crippen molar-refractivity contribution in [2.45, 2.75) is 38.2 Å². The number of hydrogen-bond acceptors (Lipinski definition) is 4. The number of nitrogens with one attached hydrogen (secondary N) is 2. The van der Waals surface area contributed by atoms with Gasteiger partial charge in [-0.3, -0.25) is 4.79 Å². The van der Waals surface area contributed by atoms with E-state index in [-0.39, 0.29) is 12.0 Å². The first-order valence-electron chi connectivity index (χ1n) is 9.84. The third-order valence-corrected chi connectivity index (χ3v) is 4.88. The molecule has 1 fully saturated rings. The van der Waals surface area contributed by atoms with Crippen LogP contribution in [0.2, 0.25) is 0 Å². The van der Waals surface area contributed by atoms with E-state index in [2.05, 4.69) is 15.3 Å². The summed E-state index contributed by atoms with van der Waals surface area (Å²) in [6.45, 7) is 1.40. The maximum atomic E-state index is 12.2. The van der Waals surface area contributed by atoms with Gasteiger partial charge in [0.25, 0.3) is 0 Å². The first kappa shape index (κ1) is 18.5. The smallest absolute Gasteiger partial charge is 0.224 e. The van der Waals surface area contributed by atoms with E-state index in [9.17, 15) is 4.79 Å². The molecule has 6 heteroatoms. The third kappa shape index (κ3) is 4.89. The number of nitrogens with zero attached hydrogens (tertiary/aromatic N) is 1. The number of carbonyl (C=O) groups excluding carboxylic acids is 1. The number of aromatic amines is 1. The second-order valence-electron chi connectivity index (χ2n) is 7.07. The SMILES string of the molecule is O=C(CCc1nc2ccccc2[nH]1)Nc1ccc(OCC2CCCCO2)cc1. The minimum atomic E-state index is -0.0373. The van der Waals surface area contributed by atoms with Crippen LogP contribution in [0.15, 0.2) is 48.5 Å². The number of hydrogen-bond donors (Lipinski definition) is 2. The number of benzene rings is 2. The number of imidazole rings is 1. The van der Waals surface area contributed by atoms with E-state index in [1.165, 1.54) is 6.42 Å². The Morgan fingerprint density at radius 3 is 2.82 bits per heavy atom. The lowest BCUT2D eigenvalue weighted by Crippen LogP contribution is -2.25. The number of para-hydroxylation sites is 2. The molecule has 3 aromatic rings. The fourth-order valence-electron chi connectivity index (χ4n) is 3.34. The quantitative estimate of drug-likeness (QED) is 0.648. The van der Waals surface area contributed by atoms with E-state index in [1.54, 1.807) is 0 Å². The molecule has 6 nitrogen and oxygen atoms in total. The van der Waals surface area contributed by atoms with Crippen molar-refractivity contribution in [1.82, 2.24) is 9.97 Å². The number of amides is 1. The van der Waals surface area contributed by atoms with Crippen LogP contribution < -0.4 is 10.1 Å². The molecule has 0 saturated carbocycles. The van der Waals surface area contributed by atoms with Crippen molar-refractivity contribution < 1.29 is 14.3 Å². The summed E-state index contributed by atoms with van der Waals surface area (Å²) in [6.07, 6.45) is 4.53. The molecule has 1 aliphatic heterocycles. The van der Waals surface area contributed by atoms with Crippen molar-refractivity contribution in [3.8, 4) is 5.75 Å². The highest BCUT2D eigenvalue weighted by atomic mass is 16.5. The van der Waals surface area contributed by atoms with Crippen LogP contribution in [0.4, 0.5) is 5.69 Å². The molecule has 146 valence electrons. The summed E-state index contributed by atoms with van der Waals surface area (Å²) < 4.78 is 11.5. The number of H-pyrrole nitrogens is 1. The molecule has 2 aromatic carbocycles. The molecule has 1 unspecified atom stereocenters. The summed E-state index contributed by atoms with van der Waals surface area (Å²) in [6, 6.07) is 15.3. The molecule has 4 rings (SSSR count). The lowest BCUT2D eigenvalue weighted by molar-refractivity contribution is -0.116. The summed E-state index contributed by atoms with van der Waals surface area (Å²) in [5.74, 6) is 1.57. The summed E-state index contributed by atoms with van der Waals surface area (Å²) >= 11 is 0. The lowest BCUT2D eigenvalue weighted by Gasteiger charge is -2.22.